The lowest BCUT2D eigenvalue weighted by atomic mass is 9.91. The minimum absolute atomic E-state index is 0.200. The van der Waals surface area contributed by atoms with E-state index >= 15 is 0 Å². The molecule has 148 valence electrons. The molecule has 3 aromatic heterocycles. The molecule has 1 aliphatic heterocycles. The van der Waals surface area contributed by atoms with Gasteiger partial charge in [0.25, 0.3) is 0 Å². The Balaban J connectivity index is 1.57. The summed E-state index contributed by atoms with van der Waals surface area (Å²) in [5.74, 6) is 1.23. The van der Waals surface area contributed by atoms with Crippen LogP contribution in [0, 0.1) is 0 Å². The number of fused-ring (bicyclic) bond motifs is 3. The molecule has 6 rings (SSSR count). The van der Waals surface area contributed by atoms with Gasteiger partial charge in [0.2, 0.25) is 0 Å². The molecule has 0 spiro atoms. The van der Waals surface area contributed by atoms with Gasteiger partial charge in [0.1, 0.15) is 5.82 Å². The van der Waals surface area contributed by atoms with Crippen LogP contribution in [0.4, 0.5) is 11.5 Å². The summed E-state index contributed by atoms with van der Waals surface area (Å²) in [6.07, 6.45) is 12.4. The van der Waals surface area contributed by atoms with Gasteiger partial charge in [-0.3, -0.25) is 9.97 Å². The average molecular weight is 400 g/mol. The summed E-state index contributed by atoms with van der Waals surface area (Å²) in [5.41, 5.74) is 6.18. The normalized spacial score (nSPS) is 18.6. The topological polar surface area (TPSA) is 41.9 Å². The van der Waals surface area contributed by atoms with Crippen LogP contribution in [-0.2, 0) is 0 Å². The summed E-state index contributed by atoms with van der Waals surface area (Å²) in [7, 11) is 0. The first-order valence-electron chi connectivity index (χ1n) is 10.5. The number of allylic oxidation sites excluding steroid dienone is 2. The van der Waals surface area contributed by atoms with E-state index in [-0.39, 0.29) is 6.04 Å². The molecule has 1 aromatic carbocycles. The fourth-order valence-corrected chi connectivity index (χ4v) is 4.52. The van der Waals surface area contributed by atoms with Crippen LogP contribution in [0.25, 0.3) is 22.6 Å². The number of benzene rings is 1. The molecule has 0 radical (unpaired) electrons. The monoisotopic (exact) mass is 400 g/mol. The van der Waals surface area contributed by atoms with E-state index in [9.17, 15) is 0 Å². The highest BCUT2D eigenvalue weighted by atomic mass is 15.2. The number of aromatic nitrogens is 3. The number of anilines is 2. The lowest BCUT2D eigenvalue weighted by Gasteiger charge is -2.28. The number of nitrogens with zero attached hydrogens (tertiary/aromatic N) is 4. The lowest BCUT2D eigenvalue weighted by Crippen LogP contribution is -2.29. The van der Waals surface area contributed by atoms with Gasteiger partial charge in [0, 0.05) is 29.6 Å². The van der Waals surface area contributed by atoms with E-state index in [1.54, 1.807) is 6.20 Å². The highest BCUT2D eigenvalue weighted by Crippen LogP contribution is 2.47. The Hall–Kier alpha value is -4.05. The van der Waals surface area contributed by atoms with E-state index in [2.05, 4.69) is 75.6 Å². The van der Waals surface area contributed by atoms with Crippen molar-refractivity contribution in [2.75, 3.05) is 4.90 Å². The molecule has 0 bridgehead atoms. The Morgan fingerprint density at radius 1 is 0.677 bits per heavy atom. The molecule has 2 atom stereocenters. The Labute approximate surface area is 181 Å². The maximum atomic E-state index is 5.08. The number of para-hydroxylation sites is 1. The predicted octanol–water partition coefficient (Wildman–Crippen LogP) is 5.94. The Morgan fingerprint density at radius 3 is 2.23 bits per heavy atom. The molecular weight excluding hydrogens is 380 g/mol. The maximum Gasteiger partial charge on any atom is 0.135 e. The zero-order valence-corrected chi connectivity index (χ0v) is 16.8. The van der Waals surface area contributed by atoms with Crippen LogP contribution in [0.3, 0.4) is 0 Å². The third-order valence-corrected chi connectivity index (χ3v) is 5.91. The zero-order chi connectivity index (χ0) is 20.6. The van der Waals surface area contributed by atoms with Crippen LogP contribution in [0.2, 0.25) is 0 Å². The molecule has 2 unspecified atom stereocenters. The molecule has 0 fully saturated rings. The Kier molecular flexibility index (Phi) is 4.20. The Morgan fingerprint density at radius 2 is 1.42 bits per heavy atom. The Bertz CT molecular complexity index is 1240. The summed E-state index contributed by atoms with van der Waals surface area (Å²) in [6, 6.07) is 24.9. The molecule has 4 heteroatoms. The minimum Gasteiger partial charge on any atom is -0.318 e. The molecule has 4 aromatic rings. The number of hydrogen-bond acceptors (Lipinski definition) is 4. The summed E-state index contributed by atoms with van der Waals surface area (Å²) < 4.78 is 0. The van der Waals surface area contributed by atoms with E-state index in [0.717, 1.165) is 28.5 Å². The van der Waals surface area contributed by atoms with Gasteiger partial charge in [0.05, 0.1) is 23.1 Å². The first-order valence-corrected chi connectivity index (χ1v) is 10.5. The summed E-state index contributed by atoms with van der Waals surface area (Å²) in [5, 5.41) is 0. The van der Waals surface area contributed by atoms with Crippen LogP contribution in [0.5, 0.6) is 0 Å². The van der Waals surface area contributed by atoms with Crippen molar-refractivity contribution < 1.29 is 0 Å². The number of hydrogen-bond donors (Lipinski definition) is 0. The van der Waals surface area contributed by atoms with Crippen molar-refractivity contribution in [1.29, 1.82) is 0 Å². The first-order chi connectivity index (χ1) is 15.4. The lowest BCUT2D eigenvalue weighted by molar-refractivity contribution is 0.738. The molecular formula is C27H20N4. The van der Waals surface area contributed by atoms with Gasteiger partial charge in [-0.05, 0) is 48.0 Å². The first kappa shape index (κ1) is 17.8. The van der Waals surface area contributed by atoms with Crippen LogP contribution < -0.4 is 4.90 Å². The van der Waals surface area contributed by atoms with Crippen LogP contribution in [-0.4, -0.2) is 21.0 Å². The number of pyridine rings is 3. The smallest absolute Gasteiger partial charge is 0.135 e. The second kappa shape index (κ2) is 7.33. The molecule has 0 N–H and O–H groups in total. The van der Waals surface area contributed by atoms with Gasteiger partial charge >= 0.3 is 0 Å². The van der Waals surface area contributed by atoms with Crippen molar-refractivity contribution in [3.63, 3.8) is 0 Å². The molecule has 1 aliphatic carbocycles. The standard InChI is InChI=1S/C27H20N4/c1-3-13-25-20(9-1)21-10-2-4-14-26(21)31(25)27-18-19(22-11-5-7-15-28-22)17-24(30-27)23-12-6-8-16-29-23/h1-18,20,25H. The highest BCUT2D eigenvalue weighted by Gasteiger charge is 2.37. The van der Waals surface area contributed by atoms with Crippen LogP contribution in [0.1, 0.15) is 11.5 Å². The van der Waals surface area contributed by atoms with Gasteiger partial charge in [-0.25, -0.2) is 4.98 Å². The third kappa shape index (κ3) is 3.04. The zero-order valence-electron chi connectivity index (χ0n) is 16.8. The quantitative estimate of drug-likeness (QED) is 0.427. The molecule has 4 nitrogen and oxygen atoms in total. The van der Waals surface area contributed by atoms with Crippen molar-refractivity contribution >= 4 is 11.5 Å². The van der Waals surface area contributed by atoms with Crippen LogP contribution >= 0.6 is 0 Å². The van der Waals surface area contributed by atoms with Crippen molar-refractivity contribution in [3.05, 3.63) is 115 Å². The second-order valence-corrected chi connectivity index (χ2v) is 7.74. The van der Waals surface area contributed by atoms with Crippen molar-refractivity contribution in [2.24, 2.45) is 0 Å². The van der Waals surface area contributed by atoms with Crippen molar-refractivity contribution in [1.82, 2.24) is 15.0 Å². The predicted molar refractivity (Wildman–Crippen MR) is 124 cm³/mol. The summed E-state index contributed by atoms with van der Waals surface area (Å²) >= 11 is 0. The number of rotatable bonds is 3. The fraction of sp³-hybridized carbons (Fsp3) is 0.0741. The SMILES string of the molecule is C1=CC2c3ccccc3N(c3cc(-c4ccccn4)cc(-c4ccccn4)n3)C2C=C1. The second-order valence-electron chi connectivity index (χ2n) is 7.74. The van der Waals surface area contributed by atoms with Gasteiger partial charge in [-0.15, -0.1) is 0 Å². The van der Waals surface area contributed by atoms with Gasteiger partial charge in [0.15, 0.2) is 0 Å². The van der Waals surface area contributed by atoms with Crippen molar-refractivity contribution in [2.45, 2.75) is 12.0 Å². The largest absolute Gasteiger partial charge is 0.318 e. The van der Waals surface area contributed by atoms with E-state index in [1.807, 2.05) is 42.6 Å². The molecule has 2 aliphatic rings. The summed E-state index contributed by atoms with van der Waals surface area (Å²) in [6.45, 7) is 0. The molecule has 4 heterocycles. The highest BCUT2D eigenvalue weighted by molar-refractivity contribution is 5.78. The van der Waals surface area contributed by atoms with E-state index in [0.29, 0.717) is 5.92 Å². The molecule has 0 saturated carbocycles. The minimum atomic E-state index is 0.200. The third-order valence-electron chi connectivity index (χ3n) is 5.91. The maximum absolute atomic E-state index is 5.08. The van der Waals surface area contributed by atoms with Gasteiger partial charge < -0.3 is 4.90 Å². The van der Waals surface area contributed by atoms with E-state index in [4.69, 9.17) is 4.98 Å². The van der Waals surface area contributed by atoms with Crippen molar-refractivity contribution in [3.8, 4) is 22.6 Å². The fourth-order valence-electron chi connectivity index (χ4n) is 4.52. The van der Waals surface area contributed by atoms with E-state index in [1.165, 1.54) is 11.3 Å². The van der Waals surface area contributed by atoms with E-state index < -0.39 is 0 Å². The summed E-state index contributed by atoms with van der Waals surface area (Å²) in [4.78, 5) is 16.6. The van der Waals surface area contributed by atoms with Crippen LogP contribution in [0.15, 0.2) is 109 Å². The molecule has 31 heavy (non-hydrogen) atoms. The molecule has 0 amide bonds. The average Bonchev–Trinajstić information content (AvgIpc) is 3.19. The van der Waals surface area contributed by atoms with Gasteiger partial charge in [-0.2, -0.15) is 0 Å². The molecule has 0 saturated heterocycles. The van der Waals surface area contributed by atoms with Gasteiger partial charge in [-0.1, -0.05) is 54.6 Å².